The van der Waals surface area contributed by atoms with Gasteiger partial charge in [-0.2, -0.15) is 5.11 Å². The molecule has 0 unspecified atom stereocenters. The molecule has 0 atom stereocenters. The molecule has 3 heteroatoms. The second-order valence-corrected chi connectivity index (χ2v) is 2.66. The van der Waals surface area contributed by atoms with Crippen molar-refractivity contribution in [2.75, 3.05) is 7.05 Å². The largest absolute Gasteiger partial charge is 0.227 e. The van der Waals surface area contributed by atoms with Crippen molar-refractivity contribution in [1.82, 2.24) is 4.98 Å². The molecule has 1 aromatic heterocycles. The Kier molecular flexibility index (Phi) is 2.00. The van der Waals surface area contributed by atoms with Crippen LogP contribution < -0.4 is 0 Å². The van der Waals surface area contributed by atoms with Gasteiger partial charge in [0.2, 0.25) is 0 Å². The van der Waals surface area contributed by atoms with Crippen LogP contribution in [0.15, 0.2) is 46.6 Å². The fourth-order valence-corrected chi connectivity index (χ4v) is 1.21. The first-order chi connectivity index (χ1) is 6.40. The van der Waals surface area contributed by atoms with Crippen LogP contribution in [0.5, 0.6) is 0 Å². The van der Waals surface area contributed by atoms with Crippen molar-refractivity contribution < 1.29 is 0 Å². The number of hydrogen-bond donors (Lipinski definition) is 0. The summed E-state index contributed by atoms with van der Waals surface area (Å²) in [4.78, 5) is 4.30. The summed E-state index contributed by atoms with van der Waals surface area (Å²) >= 11 is 0. The number of para-hydroxylation sites is 1. The van der Waals surface area contributed by atoms with Crippen LogP contribution in [0.4, 0.5) is 5.82 Å². The van der Waals surface area contributed by atoms with E-state index in [-0.39, 0.29) is 0 Å². The molecule has 0 radical (unpaired) electrons. The van der Waals surface area contributed by atoms with Crippen molar-refractivity contribution >= 4 is 16.7 Å². The molecule has 1 heterocycles. The third-order valence-electron chi connectivity index (χ3n) is 1.79. The minimum absolute atomic E-state index is 0.654. The fraction of sp³-hybridized carbons (Fsp3) is 0.100. The Morgan fingerprint density at radius 1 is 1.08 bits per heavy atom. The summed E-state index contributed by atoms with van der Waals surface area (Å²) in [7, 11) is 1.64. The number of azo groups is 1. The highest BCUT2D eigenvalue weighted by molar-refractivity contribution is 5.79. The topological polar surface area (TPSA) is 37.6 Å². The number of aromatic nitrogens is 1. The highest BCUT2D eigenvalue weighted by Crippen LogP contribution is 2.16. The van der Waals surface area contributed by atoms with Crippen molar-refractivity contribution in [2.45, 2.75) is 0 Å². The molecule has 3 nitrogen and oxygen atoms in total. The van der Waals surface area contributed by atoms with Crippen molar-refractivity contribution in [3.05, 3.63) is 36.4 Å². The van der Waals surface area contributed by atoms with E-state index in [1.165, 1.54) is 0 Å². The van der Waals surface area contributed by atoms with Crippen LogP contribution >= 0.6 is 0 Å². The second-order valence-electron chi connectivity index (χ2n) is 2.66. The van der Waals surface area contributed by atoms with Gasteiger partial charge in [0.25, 0.3) is 0 Å². The van der Waals surface area contributed by atoms with Crippen molar-refractivity contribution in [3.8, 4) is 0 Å². The molecule has 0 aliphatic rings. The van der Waals surface area contributed by atoms with Crippen LogP contribution in [-0.2, 0) is 0 Å². The number of fused-ring (bicyclic) bond motifs is 1. The lowest BCUT2D eigenvalue weighted by atomic mass is 10.2. The normalized spacial score (nSPS) is 11.2. The van der Waals surface area contributed by atoms with Gasteiger partial charge < -0.3 is 0 Å². The molecule has 0 amide bonds. The molecule has 0 saturated carbocycles. The maximum absolute atomic E-state index is 4.30. The van der Waals surface area contributed by atoms with E-state index in [1.807, 2.05) is 36.4 Å². The number of hydrogen-bond acceptors (Lipinski definition) is 3. The average Bonchev–Trinajstić information content (AvgIpc) is 2.18. The highest BCUT2D eigenvalue weighted by Gasteiger charge is 1.94. The van der Waals surface area contributed by atoms with Gasteiger partial charge in [-0.05, 0) is 18.2 Å². The molecule has 0 bridgehead atoms. The number of rotatable bonds is 1. The third-order valence-corrected chi connectivity index (χ3v) is 1.79. The van der Waals surface area contributed by atoms with Gasteiger partial charge in [0.1, 0.15) is 0 Å². The lowest BCUT2D eigenvalue weighted by Gasteiger charge is -1.96. The van der Waals surface area contributed by atoms with Gasteiger partial charge in [0.15, 0.2) is 5.82 Å². The van der Waals surface area contributed by atoms with E-state index in [4.69, 9.17) is 0 Å². The van der Waals surface area contributed by atoms with Gasteiger partial charge in [-0.15, -0.1) is 5.11 Å². The highest BCUT2D eigenvalue weighted by atomic mass is 15.1. The Labute approximate surface area is 76.1 Å². The molecule has 1 aromatic carbocycles. The molecule has 2 rings (SSSR count). The summed E-state index contributed by atoms with van der Waals surface area (Å²) in [5, 5.41) is 8.67. The zero-order chi connectivity index (χ0) is 9.10. The number of benzene rings is 1. The zero-order valence-electron chi connectivity index (χ0n) is 7.31. The first-order valence-corrected chi connectivity index (χ1v) is 4.06. The Morgan fingerprint density at radius 3 is 2.77 bits per heavy atom. The van der Waals surface area contributed by atoms with Gasteiger partial charge in [-0.1, -0.05) is 18.2 Å². The van der Waals surface area contributed by atoms with Gasteiger partial charge in [0, 0.05) is 12.4 Å². The Bertz CT molecular complexity index is 449. The molecule has 64 valence electrons. The van der Waals surface area contributed by atoms with Gasteiger partial charge >= 0.3 is 0 Å². The molecule has 0 spiro atoms. The van der Waals surface area contributed by atoms with Crippen LogP contribution in [0.1, 0.15) is 0 Å². The molecular weight excluding hydrogens is 162 g/mol. The molecule has 13 heavy (non-hydrogen) atoms. The number of nitrogens with zero attached hydrogens (tertiary/aromatic N) is 3. The molecule has 0 aliphatic carbocycles. The standard InChI is InChI=1S/C10H9N3/c1-11-13-10-7-6-8-4-2-3-5-9(8)12-10/h2-7H,1H3. The van der Waals surface area contributed by atoms with Crippen molar-refractivity contribution in [2.24, 2.45) is 10.2 Å². The first kappa shape index (κ1) is 7.86. The zero-order valence-corrected chi connectivity index (χ0v) is 7.31. The second kappa shape index (κ2) is 3.31. The summed E-state index contributed by atoms with van der Waals surface area (Å²) in [5.74, 6) is 0.654. The molecule has 0 saturated heterocycles. The number of pyridine rings is 1. The molecule has 2 aromatic rings. The van der Waals surface area contributed by atoms with Crippen LogP contribution in [0, 0.1) is 0 Å². The van der Waals surface area contributed by atoms with Gasteiger partial charge in [-0.3, -0.25) is 0 Å². The monoisotopic (exact) mass is 171 g/mol. The van der Waals surface area contributed by atoms with E-state index in [2.05, 4.69) is 15.2 Å². The quantitative estimate of drug-likeness (QED) is 0.608. The first-order valence-electron chi connectivity index (χ1n) is 4.06. The lowest BCUT2D eigenvalue weighted by molar-refractivity contribution is 1.13. The SMILES string of the molecule is CN=Nc1ccc2ccccc2n1. The maximum Gasteiger partial charge on any atom is 0.174 e. The van der Waals surface area contributed by atoms with Crippen molar-refractivity contribution in [1.29, 1.82) is 0 Å². The molecule has 0 N–H and O–H groups in total. The minimum Gasteiger partial charge on any atom is -0.227 e. The summed E-state index contributed by atoms with van der Waals surface area (Å²) < 4.78 is 0. The third kappa shape index (κ3) is 1.54. The van der Waals surface area contributed by atoms with E-state index in [9.17, 15) is 0 Å². The maximum atomic E-state index is 4.30. The Morgan fingerprint density at radius 2 is 1.92 bits per heavy atom. The van der Waals surface area contributed by atoms with Crippen LogP contribution in [-0.4, -0.2) is 12.0 Å². The predicted octanol–water partition coefficient (Wildman–Crippen LogP) is 2.95. The van der Waals surface area contributed by atoms with E-state index in [1.54, 1.807) is 7.05 Å². The summed E-state index contributed by atoms with van der Waals surface area (Å²) in [6, 6.07) is 11.8. The van der Waals surface area contributed by atoms with Gasteiger partial charge in [0.05, 0.1) is 5.52 Å². The Hall–Kier alpha value is -1.77. The smallest absolute Gasteiger partial charge is 0.174 e. The van der Waals surface area contributed by atoms with Crippen molar-refractivity contribution in [3.63, 3.8) is 0 Å². The van der Waals surface area contributed by atoms with Crippen LogP contribution in [0.3, 0.4) is 0 Å². The van der Waals surface area contributed by atoms with E-state index in [0.717, 1.165) is 10.9 Å². The Balaban J connectivity index is 2.62. The van der Waals surface area contributed by atoms with E-state index in [0.29, 0.717) is 5.82 Å². The molecule has 0 fully saturated rings. The summed E-state index contributed by atoms with van der Waals surface area (Å²) in [6.45, 7) is 0. The van der Waals surface area contributed by atoms with E-state index >= 15 is 0 Å². The van der Waals surface area contributed by atoms with Crippen LogP contribution in [0.25, 0.3) is 10.9 Å². The fourth-order valence-electron chi connectivity index (χ4n) is 1.21. The van der Waals surface area contributed by atoms with E-state index < -0.39 is 0 Å². The lowest BCUT2D eigenvalue weighted by Crippen LogP contribution is -1.77. The predicted molar refractivity (Wildman–Crippen MR) is 52.2 cm³/mol. The average molecular weight is 171 g/mol. The molecular formula is C10H9N3. The van der Waals surface area contributed by atoms with Crippen LogP contribution in [0.2, 0.25) is 0 Å². The summed E-state index contributed by atoms with van der Waals surface area (Å²) in [5.41, 5.74) is 0.951. The van der Waals surface area contributed by atoms with Gasteiger partial charge in [-0.25, -0.2) is 4.98 Å². The summed E-state index contributed by atoms with van der Waals surface area (Å²) in [6.07, 6.45) is 0. The minimum atomic E-state index is 0.654. The molecule has 0 aliphatic heterocycles.